The number of hydrogen-bond donors (Lipinski definition) is 0. The molecular formula is C97H101NO3. The fraction of sp³-hybridized carbons (Fsp3) is 0.381. The zero-order chi connectivity index (χ0) is 68.6. The molecule has 0 fully saturated rings. The molecule has 13 aromatic rings. The van der Waals surface area contributed by atoms with Crippen LogP contribution in [0.15, 0.2) is 189 Å². The van der Waals surface area contributed by atoms with Crippen molar-refractivity contribution in [3.05, 3.63) is 220 Å². The fourth-order valence-electron chi connectivity index (χ4n) is 21.4. The van der Waals surface area contributed by atoms with Crippen LogP contribution in [0.5, 0.6) is 0 Å². The van der Waals surface area contributed by atoms with E-state index in [0.29, 0.717) is 0 Å². The normalized spacial score (nSPS) is 18.5. The summed E-state index contributed by atoms with van der Waals surface area (Å²) in [5.41, 5.74) is 31.3. The van der Waals surface area contributed by atoms with Gasteiger partial charge in [0.05, 0.1) is 5.69 Å². The van der Waals surface area contributed by atoms with Gasteiger partial charge in [0.25, 0.3) is 0 Å². The molecule has 0 bridgehead atoms. The predicted molar refractivity (Wildman–Crippen MR) is 426 cm³/mol. The molecule has 3 heterocycles. The van der Waals surface area contributed by atoms with Crippen molar-refractivity contribution in [1.82, 2.24) is 0 Å². The molecule has 2 atom stereocenters. The van der Waals surface area contributed by atoms with Gasteiger partial charge in [0.15, 0.2) is 5.58 Å². The van der Waals surface area contributed by atoms with Gasteiger partial charge in [-0.25, -0.2) is 0 Å². The van der Waals surface area contributed by atoms with Crippen LogP contribution in [0, 0.1) is 5.41 Å². The van der Waals surface area contributed by atoms with Gasteiger partial charge in [-0.15, -0.1) is 0 Å². The highest BCUT2D eigenvalue weighted by Crippen LogP contribution is 2.70. The van der Waals surface area contributed by atoms with Crippen molar-refractivity contribution in [3.63, 3.8) is 0 Å². The maximum Gasteiger partial charge on any atom is 0.159 e. The Hall–Kier alpha value is -8.60. The molecule has 101 heavy (non-hydrogen) atoms. The van der Waals surface area contributed by atoms with Crippen LogP contribution in [-0.4, -0.2) is 0 Å². The molecular weight excluding hydrogens is 1230 g/mol. The van der Waals surface area contributed by atoms with Gasteiger partial charge in [-0.3, -0.25) is 0 Å². The van der Waals surface area contributed by atoms with Gasteiger partial charge in [0.1, 0.15) is 27.9 Å². The average molecular weight is 1330 g/mol. The van der Waals surface area contributed by atoms with Crippen molar-refractivity contribution in [1.29, 1.82) is 0 Å². The lowest BCUT2D eigenvalue weighted by Gasteiger charge is -2.40. The van der Waals surface area contributed by atoms with E-state index in [1.807, 2.05) is 0 Å². The van der Waals surface area contributed by atoms with Crippen LogP contribution in [0.25, 0.3) is 110 Å². The van der Waals surface area contributed by atoms with Crippen molar-refractivity contribution in [2.75, 3.05) is 4.90 Å². The summed E-state index contributed by atoms with van der Waals surface area (Å²) in [6.07, 6.45) is 30.0. The van der Waals surface area contributed by atoms with Gasteiger partial charge in [0.2, 0.25) is 0 Å². The lowest BCUT2D eigenvalue weighted by Crippen LogP contribution is -2.32. The maximum atomic E-state index is 7.68. The van der Waals surface area contributed by atoms with Crippen LogP contribution in [0.1, 0.15) is 254 Å². The smallest absolute Gasteiger partial charge is 0.159 e. The first-order valence-corrected chi connectivity index (χ1v) is 39.6. The molecule has 0 aliphatic heterocycles. The third kappa shape index (κ3) is 9.70. The first-order chi connectivity index (χ1) is 49.4. The molecule has 0 amide bonds. The molecule has 0 radical (unpaired) electrons. The van der Waals surface area contributed by atoms with E-state index in [-0.39, 0.29) is 27.1 Å². The number of rotatable bonds is 23. The van der Waals surface area contributed by atoms with Gasteiger partial charge >= 0.3 is 0 Å². The standard InChI is InChI=1S/C97H101NO3/c1-9-13-17-19-31-52-96-56-54-95(50-29-15-11-3,51-30-16-12-4)55-57-97(53-32-20-18-14-10-2)78-59-63(45-47-68(78)88-90(97)89(96)86(67-35-21-25-39-73(67)96)87-70-37-24-28-43-82(70)101-92(87)88)98(79-40-33-38-66-65-34-22-26-41-80(65)100-91(66)79)62-44-46-64-71-60-77-72(61-76(71)94(7,8)75(64)58-62)84-74(93(77,5)6)48-49-83-85(84)69-36-23-27-42-81(69)99-83/h21-28,33-49,58-61H,9-20,29-32,50-57H2,1-8H3. The molecule has 4 nitrogen and oxygen atoms in total. The van der Waals surface area contributed by atoms with Crippen LogP contribution >= 0.6 is 0 Å². The highest BCUT2D eigenvalue weighted by Gasteiger charge is 2.57. The lowest BCUT2D eigenvalue weighted by atomic mass is 9.64. The maximum absolute atomic E-state index is 7.68. The Balaban J connectivity index is 0.888. The van der Waals surface area contributed by atoms with Gasteiger partial charge in [0, 0.05) is 70.9 Å². The quantitative estimate of drug-likeness (QED) is 0.0599. The SMILES string of the molecule is CCCCCCCC12CCC(CCCCC)(CCCCC)CCC3(CCCCCCC)c4ccccc4-c4c3c1c(c1oc3ccccc3c41)-c1ccc(N(c3ccc4c(c3)C(C)(C)c3cc5c(cc3-4)C(C)(C)c3ccc4oc6ccccc6c4c3-5)c3cccc4c3oc3ccccc34)cc12. The van der Waals surface area contributed by atoms with Gasteiger partial charge in [-0.1, -0.05) is 267 Å². The molecule has 18 rings (SSSR count). The molecule has 5 aliphatic rings. The Morgan fingerprint density at radius 1 is 0.317 bits per heavy atom. The zero-order valence-corrected chi connectivity index (χ0v) is 61.4. The van der Waals surface area contributed by atoms with Crippen molar-refractivity contribution in [2.45, 2.75) is 231 Å². The number of hydrogen-bond acceptors (Lipinski definition) is 4. The summed E-state index contributed by atoms with van der Waals surface area (Å²) in [6, 6.07) is 68.2. The topological polar surface area (TPSA) is 42.7 Å². The molecule has 0 saturated heterocycles. The highest BCUT2D eigenvalue weighted by molar-refractivity contribution is 6.21. The van der Waals surface area contributed by atoms with Crippen LogP contribution < -0.4 is 4.90 Å². The first-order valence-electron chi connectivity index (χ1n) is 39.6. The van der Waals surface area contributed by atoms with Crippen LogP contribution in [0.2, 0.25) is 0 Å². The summed E-state index contributed by atoms with van der Waals surface area (Å²) >= 11 is 0. The molecule has 4 heteroatoms. The molecule has 3 aromatic heterocycles. The molecule has 0 saturated carbocycles. The van der Waals surface area contributed by atoms with E-state index in [1.165, 1.54) is 241 Å². The van der Waals surface area contributed by atoms with Crippen LogP contribution in [-0.2, 0) is 21.7 Å². The number of nitrogens with zero attached hydrogens (tertiary/aromatic N) is 1. The minimum absolute atomic E-state index is 0.158. The van der Waals surface area contributed by atoms with E-state index < -0.39 is 0 Å². The van der Waals surface area contributed by atoms with Crippen LogP contribution in [0.3, 0.4) is 0 Å². The van der Waals surface area contributed by atoms with Gasteiger partial charge < -0.3 is 18.2 Å². The number of unbranched alkanes of at least 4 members (excludes halogenated alkanes) is 12. The second-order valence-electron chi connectivity index (χ2n) is 33.0. The molecule has 0 spiro atoms. The Bertz CT molecular complexity index is 5410. The number of benzene rings is 10. The molecule has 0 N–H and O–H groups in total. The van der Waals surface area contributed by atoms with Crippen molar-refractivity contribution >= 4 is 82.9 Å². The van der Waals surface area contributed by atoms with E-state index in [4.69, 9.17) is 13.3 Å². The summed E-state index contributed by atoms with van der Waals surface area (Å²) in [5.74, 6) is 0. The Morgan fingerprint density at radius 2 is 0.812 bits per heavy atom. The average Bonchev–Trinajstić information content (AvgIpc) is 1.49. The number of anilines is 3. The van der Waals surface area contributed by atoms with Gasteiger partial charge in [-0.2, -0.15) is 0 Å². The third-order valence-corrected chi connectivity index (χ3v) is 26.6. The van der Waals surface area contributed by atoms with Gasteiger partial charge in [-0.05, 0) is 207 Å². The van der Waals surface area contributed by atoms with E-state index in [9.17, 15) is 0 Å². The summed E-state index contributed by atoms with van der Waals surface area (Å²) in [6.45, 7) is 19.4. The largest absolute Gasteiger partial charge is 0.456 e. The van der Waals surface area contributed by atoms with Crippen LogP contribution in [0.4, 0.5) is 17.1 Å². The van der Waals surface area contributed by atoms with Crippen molar-refractivity contribution < 1.29 is 13.3 Å². The van der Waals surface area contributed by atoms with E-state index in [2.05, 4.69) is 236 Å². The first kappa shape index (κ1) is 64.5. The second-order valence-corrected chi connectivity index (χ2v) is 33.0. The predicted octanol–water partition coefficient (Wildman–Crippen LogP) is 29.4. The summed E-state index contributed by atoms with van der Waals surface area (Å²) in [7, 11) is 0. The lowest BCUT2D eigenvalue weighted by molar-refractivity contribution is 0.154. The van der Waals surface area contributed by atoms with E-state index >= 15 is 0 Å². The molecule has 5 aliphatic carbocycles. The minimum atomic E-state index is -0.329. The number of fused-ring (bicyclic) bond motifs is 24. The fourth-order valence-corrected chi connectivity index (χ4v) is 21.4. The number of furan rings is 3. The summed E-state index contributed by atoms with van der Waals surface area (Å²) < 4.78 is 21.5. The summed E-state index contributed by atoms with van der Waals surface area (Å²) in [4.78, 5) is 2.62. The Labute approximate surface area is 598 Å². The highest BCUT2D eigenvalue weighted by atomic mass is 16.3. The minimum Gasteiger partial charge on any atom is -0.456 e. The molecule has 10 aromatic carbocycles. The Morgan fingerprint density at radius 3 is 1.50 bits per heavy atom. The Kier molecular flexibility index (Phi) is 15.9. The summed E-state index contributed by atoms with van der Waals surface area (Å²) in [5, 5.41) is 7.28. The zero-order valence-electron chi connectivity index (χ0n) is 61.4. The molecule has 512 valence electrons. The van der Waals surface area contributed by atoms with E-state index in [1.54, 1.807) is 16.7 Å². The van der Waals surface area contributed by atoms with E-state index in [0.717, 1.165) is 68.5 Å². The van der Waals surface area contributed by atoms with Crippen molar-refractivity contribution in [2.24, 2.45) is 5.41 Å². The monoisotopic (exact) mass is 1330 g/mol. The third-order valence-electron chi connectivity index (χ3n) is 26.6. The number of para-hydroxylation sites is 4. The molecule has 2 unspecified atom stereocenters. The second kappa shape index (κ2) is 24.8. The van der Waals surface area contributed by atoms with Crippen molar-refractivity contribution in [3.8, 4) is 44.5 Å².